The number of aromatic nitrogens is 1. The lowest BCUT2D eigenvalue weighted by atomic mass is 10.2. The Morgan fingerprint density at radius 1 is 1.42 bits per heavy atom. The van der Waals surface area contributed by atoms with Gasteiger partial charge < -0.3 is 10.4 Å². The number of carbonyl (C=O) groups excluding carboxylic acids is 1. The van der Waals surface area contributed by atoms with Gasteiger partial charge in [0, 0.05) is 5.38 Å². The van der Waals surface area contributed by atoms with Gasteiger partial charge in [-0.05, 0) is 18.6 Å². The Bertz CT molecular complexity index is 654. The fourth-order valence-corrected chi connectivity index (χ4v) is 2.26. The standard InChI is InChI=1S/C12H9ClN2O3S/c1-6-3-2-4-7(9(6)13)14-10(16)11-15-8(5-19-11)12(17)18/h2-5H,1H3,(H,14,16)(H,17,18). The molecule has 19 heavy (non-hydrogen) atoms. The smallest absolute Gasteiger partial charge is 0.355 e. The Morgan fingerprint density at radius 3 is 2.79 bits per heavy atom. The van der Waals surface area contributed by atoms with Gasteiger partial charge in [-0.3, -0.25) is 4.79 Å². The zero-order valence-corrected chi connectivity index (χ0v) is 11.4. The van der Waals surface area contributed by atoms with Crippen molar-refractivity contribution in [1.29, 1.82) is 0 Å². The van der Waals surface area contributed by atoms with E-state index in [1.54, 1.807) is 12.1 Å². The molecule has 0 unspecified atom stereocenters. The van der Waals surface area contributed by atoms with Gasteiger partial charge in [0.05, 0.1) is 10.7 Å². The molecule has 0 saturated carbocycles. The normalized spacial score (nSPS) is 10.2. The number of hydrogen-bond acceptors (Lipinski definition) is 4. The van der Waals surface area contributed by atoms with E-state index >= 15 is 0 Å². The minimum Gasteiger partial charge on any atom is -0.476 e. The first-order chi connectivity index (χ1) is 8.99. The van der Waals surface area contributed by atoms with Crippen molar-refractivity contribution in [2.24, 2.45) is 0 Å². The number of carboxylic acids is 1. The number of carbonyl (C=O) groups is 2. The molecule has 0 saturated heterocycles. The van der Waals surface area contributed by atoms with Gasteiger partial charge in [-0.1, -0.05) is 23.7 Å². The maximum Gasteiger partial charge on any atom is 0.355 e. The van der Waals surface area contributed by atoms with Gasteiger partial charge in [-0.25, -0.2) is 9.78 Å². The molecule has 0 spiro atoms. The number of halogens is 1. The average Bonchev–Trinajstić information content (AvgIpc) is 2.84. The van der Waals surface area contributed by atoms with Gasteiger partial charge in [0.2, 0.25) is 0 Å². The number of anilines is 1. The number of thiazole rings is 1. The van der Waals surface area contributed by atoms with Crippen LogP contribution in [-0.4, -0.2) is 22.0 Å². The SMILES string of the molecule is Cc1cccc(NC(=O)c2nc(C(=O)O)cs2)c1Cl. The third-order valence-electron chi connectivity index (χ3n) is 2.36. The minimum absolute atomic E-state index is 0.0787. The topological polar surface area (TPSA) is 79.3 Å². The van der Waals surface area contributed by atoms with Gasteiger partial charge >= 0.3 is 5.97 Å². The number of rotatable bonds is 3. The monoisotopic (exact) mass is 296 g/mol. The summed E-state index contributed by atoms with van der Waals surface area (Å²) >= 11 is 7.02. The van der Waals surface area contributed by atoms with Crippen LogP contribution >= 0.6 is 22.9 Å². The molecule has 0 aliphatic rings. The summed E-state index contributed by atoms with van der Waals surface area (Å²) in [4.78, 5) is 26.3. The third kappa shape index (κ3) is 2.91. The Balaban J connectivity index is 2.21. The first kappa shape index (κ1) is 13.5. The van der Waals surface area contributed by atoms with Crippen LogP contribution in [-0.2, 0) is 0 Å². The van der Waals surface area contributed by atoms with Crippen molar-refractivity contribution >= 4 is 40.5 Å². The van der Waals surface area contributed by atoms with Gasteiger partial charge in [0.15, 0.2) is 10.7 Å². The van der Waals surface area contributed by atoms with E-state index in [2.05, 4.69) is 10.3 Å². The Labute approximate surface area is 117 Å². The summed E-state index contributed by atoms with van der Waals surface area (Å²) in [6, 6.07) is 5.25. The summed E-state index contributed by atoms with van der Waals surface area (Å²) in [5.74, 6) is -1.64. The van der Waals surface area contributed by atoms with Crippen LogP contribution in [0.4, 0.5) is 5.69 Å². The average molecular weight is 297 g/mol. The fraction of sp³-hybridized carbons (Fsp3) is 0.0833. The molecule has 7 heteroatoms. The zero-order chi connectivity index (χ0) is 14.0. The molecular formula is C12H9ClN2O3S. The molecule has 0 radical (unpaired) electrons. The second kappa shape index (κ2) is 5.38. The maximum atomic E-state index is 11.9. The van der Waals surface area contributed by atoms with Crippen LogP contribution in [0.1, 0.15) is 25.9 Å². The molecule has 1 aromatic heterocycles. The van der Waals surface area contributed by atoms with E-state index in [4.69, 9.17) is 16.7 Å². The fourth-order valence-electron chi connectivity index (χ4n) is 1.40. The van der Waals surface area contributed by atoms with E-state index in [1.165, 1.54) is 5.38 Å². The van der Waals surface area contributed by atoms with Crippen LogP contribution in [0.15, 0.2) is 23.6 Å². The highest BCUT2D eigenvalue weighted by Crippen LogP contribution is 2.25. The molecule has 5 nitrogen and oxygen atoms in total. The van der Waals surface area contributed by atoms with Gasteiger partial charge in [-0.2, -0.15) is 0 Å². The number of carboxylic acid groups (broad SMARTS) is 1. The molecule has 0 aliphatic heterocycles. The largest absolute Gasteiger partial charge is 0.476 e. The lowest BCUT2D eigenvalue weighted by Gasteiger charge is -2.07. The van der Waals surface area contributed by atoms with Crippen molar-refractivity contribution in [2.45, 2.75) is 6.92 Å². The van der Waals surface area contributed by atoms with Crippen LogP contribution in [0.25, 0.3) is 0 Å². The first-order valence-corrected chi connectivity index (χ1v) is 6.50. The molecule has 0 aliphatic carbocycles. The molecule has 2 aromatic rings. The molecule has 0 bridgehead atoms. The number of nitrogens with zero attached hydrogens (tertiary/aromatic N) is 1. The Morgan fingerprint density at radius 2 is 2.16 bits per heavy atom. The lowest BCUT2D eigenvalue weighted by Crippen LogP contribution is -2.12. The summed E-state index contributed by atoms with van der Waals surface area (Å²) < 4.78 is 0. The number of nitrogens with one attached hydrogen (secondary N) is 1. The highest BCUT2D eigenvalue weighted by Gasteiger charge is 2.16. The van der Waals surface area contributed by atoms with Crippen LogP contribution < -0.4 is 5.32 Å². The second-order valence-corrected chi connectivity index (χ2v) is 4.97. The van der Waals surface area contributed by atoms with E-state index in [0.29, 0.717) is 10.7 Å². The maximum absolute atomic E-state index is 11.9. The number of aryl methyl sites for hydroxylation is 1. The van der Waals surface area contributed by atoms with E-state index in [0.717, 1.165) is 16.9 Å². The number of aromatic carboxylic acids is 1. The van der Waals surface area contributed by atoms with E-state index < -0.39 is 11.9 Å². The van der Waals surface area contributed by atoms with Gasteiger partial charge in [0.25, 0.3) is 5.91 Å². The molecule has 1 amide bonds. The number of hydrogen-bond donors (Lipinski definition) is 2. The molecule has 98 valence electrons. The van der Waals surface area contributed by atoms with Crippen molar-refractivity contribution in [3.05, 3.63) is 44.9 Å². The predicted molar refractivity (Wildman–Crippen MR) is 73.2 cm³/mol. The Hall–Kier alpha value is -1.92. The highest BCUT2D eigenvalue weighted by atomic mass is 35.5. The number of benzene rings is 1. The molecule has 2 N–H and O–H groups in total. The summed E-state index contributed by atoms with van der Waals surface area (Å²) in [5, 5.41) is 13.2. The lowest BCUT2D eigenvalue weighted by molar-refractivity contribution is 0.0691. The second-order valence-electron chi connectivity index (χ2n) is 3.73. The molecular weight excluding hydrogens is 288 g/mol. The van der Waals surface area contributed by atoms with Gasteiger partial charge in [0.1, 0.15) is 0 Å². The van der Waals surface area contributed by atoms with Crippen LogP contribution in [0.5, 0.6) is 0 Å². The van der Waals surface area contributed by atoms with Crippen molar-refractivity contribution in [3.63, 3.8) is 0 Å². The van der Waals surface area contributed by atoms with Crippen molar-refractivity contribution < 1.29 is 14.7 Å². The van der Waals surface area contributed by atoms with Crippen LogP contribution in [0.2, 0.25) is 5.02 Å². The van der Waals surface area contributed by atoms with Crippen molar-refractivity contribution in [1.82, 2.24) is 4.98 Å². The first-order valence-electron chi connectivity index (χ1n) is 5.24. The molecule has 2 rings (SSSR count). The molecule has 0 atom stereocenters. The summed E-state index contributed by atoms with van der Waals surface area (Å²) in [6.07, 6.45) is 0. The third-order valence-corrected chi connectivity index (χ3v) is 3.70. The van der Waals surface area contributed by atoms with Crippen LogP contribution in [0.3, 0.4) is 0 Å². The van der Waals surface area contributed by atoms with Crippen molar-refractivity contribution in [3.8, 4) is 0 Å². The molecule has 1 heterocycles. The Kier molecular flexibility index (Phi) is 3.82. The highest BCUT2D eigenvalue weighted by molar-refractivity contribution is 7.12. The predicted octanol–water partition coefficient (Wildman–Crippen LogP) is 3.06. The van der Waals surface area contributed by atoms with E-state index in [1.807, 2.05) is 13.0 Å². The van der Waals surface area contributed by atoms with Crippen molar-refractivity contribution in [2.75, 3.05) is 5.32 Å². The van der Waals surface area contributed by atoms with E-state index in [-0.39, 0.29) is 10.7 Å². The van der Waals surface area contributed by atoms with Gasteiger partial charge in [-0.15, -0.1) is 11.3 Å². The zero-order valence-electron chi connectivity index (χ0n) is 9.81. The number of amides is 1. The van der Waals surface area contributed by atoms with Crippen LogP contribution in [0, 0.1) is 6.92 Å². The molecule has 1 aromatic carbocycles. The summed E-state index contributed by atoms with van der Waals surface area (Å²) in [7, 11) is 0. The minimum atomic E-state index is -1.16. The quantitative estimate of drug-likeness (QED) is 0.912. The molecule has 0 fully saturated rings. The summed E-state index contributed by atoms with van der Waals surface area (Å²) in [6.45, 7) is 1.82. The van der Waals surface area contributed by atoms with E-state index in [9.17, 15) is 9.59 Å². The summed E-state index contributed by atoms with van der Waals surface area (Å²) in [5.41, 5.74) is 1.16.